The van der Waals surface area contributed by atoms with Crippen molar-refractivity contribution in [2.75, 3.05) is 6.54 Å². The number of amides is 1. The Labute approximate surface area is 140 Å². The summed E-state index contributed by atoms with van der Waals surface area (Å²) >= 11 is 5.99. The minimum Gasteiger partial charge on any atom is -0.445 e. The lowest BCUT2D eigenvalue weighted by molar-refractivity contribution is 0.140. The number of rotatable bonds is 4. The van der Waals surface area contributed by atoms with Gasteiger partial charge in [-0.15, -0.1) is 0 Å². The first-order valence-electron chi connectivity index (χ1n) is 7.21. The van der Waals surface area contributed by atoms with Crippen LogP contribution in [-0.2, 0) is 11.3 Å². The molecule has 0 fully saturated rings. The van der Waals surface area contributed by atoms with Crippen LogP contribution in [0.2, 0.25) is 5.15 Å². The number of carbonyl (C=O) groups is 1. The number of halogens is 1. The highest BCUT2D eigenvalue weighted by atomic mass is 35.5. The van der Waals surface area contributed by atoms with Crippen molar-refractivity contribution in [1.82, 2.24) is 10.3 Å². The fraction of sp³-hybridized carbons (Fsp3) is 0.222. The number of aryl methyl sites for hydroxylation is 1. The maximum atomic E-state index is 11.5. The number of hydrogen-bond acceptors (Lipinski definition) is 3. The van der Waals surface area contributed by atoms with Gasteiger partial charge < -0.3 is 10.1 Å². The van der Waals surface area contributed by atoms with Crippen LogP contribution in [0.15, 0.2) is 42.6 Å². The van der Waals surface area contributed by atoms with Gasteiger partial charge in [0.05, 0.1) is 5.56 Å². The van der Waals surface area contributed by atoms with Crippen molar-refractivity contribution in [2.45, 2.75) is 20.0 Å². The van der Waals surface area contributed by atoms with E-state index in [9.17, 15) is 4.79 Å². The predicted octanol–water partition coefficient (Wildman–Crippen LogP) is 3.71. The molecule has 5 heteroatoms. The van der Waals surface area contributed by atoms with Crippen LogP contribution < -0.4 is 5.32 Å². The molecule has 0 aliphatic heterocycles. The largest absolute Gasteiger partial charge is 0.445 e. The van der Waals surface area contributed by atoms with E-state index in [1.165, 1.54) is 0 Å². The summed E-state index contributed by atoms with van der Waals surface area (Å²) in [5.41, 5.74) is 2.65. The van der Waals surface area contributed by atoms with Crippen molar-refractivity contribution in [3.05, 3.63) is 64.4 Å². The summed E-state index contributed by atoms with van der Waals surface area (Å²) < 4.78 is 5.10. The quantitative estimate of drug-likeness (QED) is 0.529. The predicted molar refractivity (Wildman–Crippen MR) is 90.1 cm³/mol. The standard InChI is InChI=1S/C18H17ClN2O2/c1-14-10-12-20-17(19)16(14)9-5-6-11-21-18(22)23-13-15-7-3-2-4-8-15/h2-4,7-8,10,12H,6,11,13H2,1H3,(H,21,22). The molecule has 1 aromatic heterocycles. The SMILES string of the molecule is Cc1ccnc(Cl)c1C#CCCNC(=O)OCc1ccccc1. The number of nitrogens with zero attached hydrogens (tertiary/aromatic N) is 1. The van der Waals surface area contributed by atoms with E-state index in [1.807, 2.05) is 43.3 Å². The van der Waals surface area contributed by atoms with Crippen LogP contribution >= 0.6 is 11.6 Å². The molecule has 0 saturated carbocycles. The summed E-state index contributed by atoms with van der Waals surface area (Å²) in [6.07, 6.45) is 1.70. The first-order valence-corrected chi connectivity index (χ1v) is 7.59. The number of aromatic nitrogens is 1. The third kappa shape index (κ3) is 5.65. The highest BCUT2D eigenvalue weighted by molar-refractivity contribution is 6.30. The normalized spacial score (nSPS) is 9.65. The number of carbonyl (C=O) groups excluding carboxylic acids is 1. The van der Waals surface area contributed by atoms with E-state index < -0.39 is 6.09 Å². The molecule has 4 nitrogen and oxygen atoms in total. The lowest BCUT2D eigenvalue weighted by Gasteiger charge is -2.05. The number of hydrogen-bond donors (Lipinski definition) is 1. The van der Waals surface area contributed by atoms with Crippen LogP contribution in [0.25, 0.3) is 0 Å². The smallest absolute Gasteiger partial charge is 0.407 e. The molecule has 0 unspecified atom stereocenters. The summed E-state index contributed by atoms with van der Waals surface area (Å²) in [6, 6.07) is 11.4. The average Bonchev–Trinajstić information content (AvgIpc) is 2.56. The van der Waals surface area contributed by atoms with Gasteiger partial charge in [-0.05, 0) is 24.1 Å². The third-order valence-corrected chi connectivity index (χ3v) is 3.35. The molecule has 0 radical (unpaired) electrons. The fourth-order valence-corrected chi connectivity index (χ4v) is 2.08. The maximum absolute atomic E-state index is 11.5. The Morgan fingerprint density at radius 2 is 2.09 bits per heavy atom. The number of ether oxygens (including phenoxy) is 1. The van der Waals surface area contributed by atoms with Gasteiger partial charge >= 0.3 is 6.09 Å². The molecule has 0 atom stereocenters. The average molecular weight is 329 g/mol. The van der Waals surface area contributed by atoms with Crippen LogP contribution in [0, 0.1) is 18.8 Å². The second-order valence-electron chi connectivity index (χ2n) is 4.83. The molecular weight excluding hydrogens is 312 g/mol. The van der Waals surface area contributed by atoms with E-state index in [1.54, 1.807) is 6.20 Å². The molecule has 0 aliphatic rings. The van der Waals surface area contributed by atoms with E-state index in [-0.39, 0.29) is 6.61 Å². The van der Waals surface area contributed by atoms with Gasteiger partial charge in [-0.2, -0.15) is 0 Å². The van der Waals surface area contributed by atoms with Gasteiger partial charge in [0.25, 0.3) is 0 Å². The van der Waals surface area contributed by atoms with Crippen molar-refractivity contribution in [2.24, 2.45) is 0 Å². The summed E-state index contributed by atoms with van der Waals surface area (Å²) in [4.78, 5) is 15.5. The number of nitrogens with one attached hydrogen (secondary N) is 1. The second-order valence-corrected chi connectivity index (χ2v) is 5.19. The number of pyridine rings is 1. The third-order valence-electron chi connectivity index (χ3n) is 3.06. The molecule has 0 spiro atoms. The molecule has 0 aliphatic carbocycles. The summed E-state index contributed by atoms with van der Waals surface area (Å²) in [7, 11) is 0. The minimum atomic E-state index is -0.453. The lowest BCUT2D eigenvalue weighted by atomic mass is 10.1. The second kappa shape index (κ2) is 8.82. The molecule has 1 N–H and O–H groups in total. The van der Waals surface area contributed by atoms with Crippen LogP contribution in [0.3, 0.4) is 0 Å². The zero-order chi connectivity index (χ0) is 16.5. The van der Waals surface area contributed by atoms with E-state index in [2.05, 4.69) is 22.1 Å². The molecule has 0 bridgehead atoms. The molecule has 23 heavy (non-hydrogen) atoms. The molecule has 118 valence electrons. The molecule has 2 rings (SSSR count). The van der Waals surface area contributed by atoms with Gasteiger partial charge in [0.1, 0.15) is 11.8 Å². The van der Waals surface area contributed by atoms with Crippen molar-refractivity contribution in [1.29, 1.82) is 0 Å². The number of benzene rings is 1. The first kappa shape index (κ1) is 16.9. The van der Waals surface area contributed by atoms with Gasteiger partial charge in [-0.3, -0.25) is 0 Å². The van der Waals surface area contributed by atoms with Crippen LogP contribution in [0.5, 0.6) is 0 Å². The Balaban J connectivity index is 1.71. The monoisotopic (exact) mass is 328 g/mol. The van der Waals surface area contributed by atoms with Gasteiger partial charge in [0.2, 0.25) is 0 Å². The molecule has 0 saturated heterocycles. The fourth-order valence-electron chi connectivity index (χ4n) is 1.83. The zero-order valence-electron chi connectivity index (χ0n) is 12.8. The van der Waals surface area contributed by atoms with Gasteiger partial charge in [0, 0.05) is 19.2 Å². The van der Waals surface area contributed by atoms with Crippen LogP contribution in [0.4, 0.5) is 4.79 Å². The summed E-state index contributed by atoms with van der Waals surface area (Å²) in [6.45, 7) is 2.59. The lowest BCUT2D eigenvalue weighted by Crippen LogP contribution is -2.24. The summed E-state index contributed by atoms with van der Waals surface area (Å²) in [5, 5.41) is 3.05. The Hall–Kier alpha value is -2.51. The van der Waals surface area contributed by atoms with E-state index in [0.717, 1.165) is 16.7 Å². The van der Waals surface area contributed by atoms with E-state index >= 15 is 0 Å². The number of alkyl carbamates (subject to hydrolysis) is 1. The molecule has 2 aromatic rings. The zero-order valence-corrected chi connectivity index (χ0v) is 13.6. The Bertz CT molecular complexity index is 701. The Morgan fingerprint density at radius 1 is 1.30 bits per heavy atom. The molecule has 1 amide bonds. The highest BCUT2D eigenvalue weighted by Crippen LogP contribution is 2.14. The van der Waals surface area contributed by atoms with Crippen molar-refractivity contribution < 1.29 is 9.53 Å². The van der Waals surface area contributed by atoms with E-state index in [4.69, 9.17) is 16.3 Å². The van der Waals surface area contributed by atoms with Crippen LogP contribution in [0.1, 0.15) is 23.1 Å². The van der Waals surface area contributed by atoms with Crippen molar-refractivity contribution in [3.63, 3.8) is 0 Å². The Morgan fingerprint density at radius 3 is 2.83 bits per heavy atom. The first-order chi connectivity index (χ1) is 11.2. The van der Waals surface area contributed by atoms with Gasteiger partial charge in [-0.25, -0.2) is 9.78 Å². The van der Waals surface area contributed by atoms with Gasteiger partial charge in [-0.1, -0.05) is 53.8 Å². The van der Waals surface area contributed by atoms with Gasteiger partial charge in [0.15, 0.2) is 0 Å². The van der Waals surface area contributed by atoms with Crippen LogP contribution in [-0.4, -0.2) is 17.6 Å². The molecule has 1 heterocycles. The minimum absolute atomic E-state index is 0.253. The van der Waals surface area contributed by atoms with Crippen molar-refractivity contribution >= 4 is 17.7 Å². The van der Waals surface area contributed by atoms with E-state index in [0.29, 0.717) is 18.1 Å². The molecule has 1 aromatic carbocycles. The molecular formula is C18H17ClN2O2. The maximum Gasteiger partial charge on any atom is 0.407 e. The summed E-state index contributed by atoms with van der Waals surface area (Å²) in [5.74, 6) is 5.94. The Kier molecular flexibility index (Phi) is 6.46. The highest BCUT2D eigenvalue weighted by Gasteiger charge is 2.02. The van der Waals surface area contributed by atoms with Crippen molar-refractivity contribution in [3.8, 4) is 11.8 Å². The topological polar surface area (TPSA) is 51.2 Å².